The van der Waals surface area contributed by atoms with Crippen LogP contribution in [0.2, 0.25) is 0 Å². The van der Waals surface area contributed by atoms with Crippen molar-refractivity contribution in [2.45, 2.75) is 57.5 Å². The van der Waals surface area contributed by atoms with Crippen LogP contribution in [-0.2, 0) is 4.79 Å². The Morgan fingerprint density at radius 1 is 1.28 bits per heavy atom. The van der Waals surface area contributed by atoms with E-state index in [9.17, 15) is 4.79 Å². The SMILES string of the molecule is CC1CCCCC1NC(=O)CN1CCCC(N)C1. The van der Waals surface area contributed by atoms with Gasteiger partial charge in [-0.2, -0.15) is 0 Å². The molecule has 3 unspecified atom stereocenters. The van der Waals surface area contributed by atoms with Gasteiger partial charge in [0.25, 0.3) is 0 Å². The van der Waals surface area contributed by atoms with Crippen molar-refractivity contribution in [3.63, 3.8) is 0 Å². The third-order valence-electron chi connectivity index (χ3n) is 4.37. The average molecular weight is 253 g/mol. The zero-order valence-electron chi connectivity index (χ0n) is 11.5. The number of piperidine rings is 1. The molecular formula is C14H27N3O. The molecule has 4 heteroatoms. The molecule has 0 aromatic rings. The number of nitrogens with two attached hydrogens (primary N) is 1. The summed E-state index contributed by atoms with van der Waals surface area (Å²) in [6.45, 7) is 4.66. The van der Waals surface area contributed by atoms with Gasteiger partial charge in [0.15, 0.2) is 0 Å². The second-order valence-corrected chi connectivity index (χ2v) is 6.07. The number of nitrogens with one attached hydrogen (secondary N) is 1. The maximum atomic E-state index is 12.0. The topological polar surface area (TPSA) is 58.4 Å². The molecule has 18 heavy (non-hydrogen) atoms. The van der Waals surface area contributed by atoms with E-state index in [0.29, 0.717) is 18.5 Å². The number of hydrogen-bond acceptors (Lipinski definition) is 3. The van der Waals surface area contributed by atoms with Gasteiger partial charge in [-0.3, -0.25) is 9.69 Å². The Balaban J connectivity index is 1.74. The van der Waals surface area contributed by atoms with E-state index in [2.05, 4.69) is 17.1 Å². The lowest BCUT2D eigenvalue weighted by Crippen LogP contribution is -2.49. The van der Waals surface area contributed by atoms with Crippen LogP contribution in [0.5, 0.6) is 0 Å². The molecule has 0 aromatic heterocycles. The van der Waals surface area contributed by atoms with Crippen LogP contribution in [0, 0.1) is 5.92 Å². The van der Waals surface area contributed by atoms with Crippen LogP contribution in [-0.4, -0.2) is 42.5 Å². The lowest BCUT2D eigenvalue weighted by atomic mass is 9.86. The van der Waals surface area contributed by atoms with Crippen molar-refractivity contribution in [1.82, 2.24) is 10.2 Å². The third kappa shape index (κ3) is 3.95. The lowest BCUT2D eigenvalue weighted by Gasteiger charge is -2.33. The van der Waals surface area contributed by atoms with Gasteiger partial charge in [0.05, 0.1) is 6.54 Å². The fourth-order valence-corrected chi connectivity index (χ4v) is 3.22. The van der Waals surface area contributed by atoms with Crippen LogP contribution in [0.4, 0.5) is 0 Å². The molecule has 1 aliphatic carbocycles. The Kier molecular flexibility index (Phi) is 5.01. The van der Waals surface area contributed by atoms with Gasteiger partial charge in [0.2, 0.25) is 5.91 Å². The molecule has 0 radical (unpaired) electrons. The number of carbonyl (C=O) groups is 1. The summed E-state index contributed by atoms with van der Waals surface area (Å²) in [5.74, 6) is 0.814. The van der Waals surface area contributed by atoms with Gasteiger partial charge in [-0.05, 0) is 38.1 Å². The van der Waals surface area contributed by atoms with Gasteiger partial charge in [-0.15, -0.1) is 0 Å². The minimum atomic E-state index is 0.183. The predicted molar refractivity (Wildman–Crippen MR) is 73.2 cm³/mol. The Morgan fingerprint density at radius 3 is 2.78 bits per heavy atom. The number of likely N-dealkylation sites (tertiary alicyclic amines) is 1. The molecule has 1 amide bonds. The number of nitrogens with zero attached hydrogens (tertiary/aromatic N) is 1. The van der Waals surface area contributed by atoms with E-state index in [1.54, 1.807) is 0 Å². The fraction of sp³-hybridized carbons (Fsp3) is 0.929. The molecule has 1 heterocycles. The minimum absolute atomic E-state index is 0.183. The normalized spacial score (nSPS) is 34.2. The minimum Gasteiger partial charge on any atom is -0.352 e. The van der Waals surface area contributed by atoms with Crippen molar-refractivity contribution in [2.75, 3.05) is 19.6 Å². The first kappa shape index (κ1) is 13.8. The van der Waals surface area contributed by atoms with Gasteiger partial charge in [0, 0.05) is 18.6 Å². The number of carbonyl (C=O) groups excluding carboxylic acids is 1. The Bertz CT molecular complexity index is 282. The monoisotopic (exact) mass is 253 g/mol. The molecule has 0 aromatic carbocycles. The summed E-state index contributed by atoms with van der Waals surface area (Å²) in [5, 5.41) is 3.21. The van der Waals surface area contributed by atoms with E-state index < -0.39 is 0 Å². The van der Waals surface area contributed by atoms with E-state index >= 15 is 0 Å². The molecule has 1 aliphatic heterocycles. The summed E-state index contributed by atoms with van der Waals surface area (Å²) < 4.78 is 0. The molecule has 0 bridgehead atoms. The molecule has 4 nitrogen and oxygen atoms in total. The highest BCUT2D eigenvalue weighted by atomic mass is 16.2. The van der Waals surface area contributed by atoms with E-state index in [1.807, 2.05) is 0 Å². The summed E-state index contributed by atoms with van der Waals surface area (Å²) in [6.07, 6.45) is 7.18. The van der Waals surface area contributed by atoms with Crippen molar-refractivity contribution < 1.29 is 4.79 Å². The van der Waals surface area contributed by atoms with E-state index in [4.69, 9.17) is 5.73 Å². The second-order valence-electron chi connectivity index (χ2n) is 6.07. The summed E-state index contributed by atoms with van der Waals surface area (Å²) in [4.78, 5) is 14.2. The molecule has 3 N–H and O–H groups in total. The number of hydrogen-bond donors (Lipinski definition) is 2. The predicted octanol–water partition coefficient (Wildman–Crippen LogP) is 1.10. The van der Waals surface area contributed by atoms with Crippen molar-refractivity contribution in [3.05, 3.63) is 0 Å². The molecule has 2 rings (SSSR count). The summed E-state index contributed by atoms with van der Waals surface area (Å²) in [7, 11) is 0. The third-order valence-corrected chi connectivity index (χ3v) is 4.37. The molecule has 1 saturated heterocycles. The molecule has 2 aliphatic rings. The quantitative estimate of drug-likeness (QED) is 0.792. The van der Waals surface area contributed by atoms with E-state index in [1.165, 1.54) is 19.3 Å². The van der Waals surface area contributed by atoms with E-state index in [0.717, 1.165) is 32.4 Å². The van der Waals surface area contributed by atoms with Gasteiger partial charge in [-0.25, -0.2) is 0 Å². The van der Waals surface area contributed by atoms with Gasteiger partial charge < -0.3 is 11.1 Å². The molecular weight excluding hydrogens is 226 g/mol. The summed E-state index contributed by atoms with van der Waals surface area (Å²) >= 11 is 0. The molecule has 104 valence electrons. The lowest BCUT2D eigenvalue weighted by molar-refractivity contribution is -0.123. The fourth-order valence-electron chi connectivity index (χ4n) is 3.22. The molecule has 1 saturated carbocycles. The Hall–Kier alpha value is -0.610. The van der Waals surface area contributed by atoms with Gasteiger partial charge in [0.1, 0.15) is 0 Å². The van der Waals surface area contributed by atoms with Crippen molar-refractivity contribution in [1.29, 1.82) is 0 Å². The van der Waals surface area contributed by atoms with Gasteiger partial charge >= 0.3 is 0 Å². The van der Waals surface area contributed by atoms with Crippen LogP contribution in [0.25, 0.3) is 0 Å². The van der Waals surface area contributed by atoms with Crippen molar-refractivity contribution in [2.24, 2.45) is 11.7 Å². The highest BCUT2D eigenvalue weighted by Crippen LogP contribution is 2.23. The van der Waals surface area contributed by atoms with Crippen LogP contribution >= 0.6 is 0 Å². The van der Waals surface area contributed by atoms with Crippen LogP contribution in [0.1, 0.15) is 45.4 Å². The number of rotatable bonds is 3. The first-order valence-corrected chi connectivity index (χ1v) is 7.42. The highest BCUT2D eigenvalue weighted by molar-refractivity contribution is 5.78. The first-order chi connectivity index (χ1) is 8.65. The standard InChI is InChI=1S/C14H27N3O/c1-11-5-2-3-7-13(11)16-14(18)10-17-8-4-6-12(15)9-17/h11-13H,2-10,15H2,1H3,(H,16,18). The van der Waals surface area contributed by atoms with Crippen LogP contribution in [0.3, 0.4) is 0 Å². The Morgan fingerprint density at radius 2 is 2.06 bits per heavy atom. The highest BCUT2D eigenvalue weighted by Gasteiger charge is 2.24. The van der Waals surface area contributed by atoms with E-state index in [-0.39, 0.29) is 11.9 Å². The van der Waals surface area contributed by atoms with Crippen molar-refractivity contribution in [3.8, 4) is 0 Å². The van der Waals surface area contributed by atoms with Crippen LogP contribution in [0.15, 0.2) is 0 Å². The second kappa shape index (κ2) is 6.53. The first-order valence-electron chi connectivity index (χ1n) is 7.42. The maximum absolute atomic E-state index is 12.0. The molecule has 3 atom stereocenters. The van der Waals surface area contributed by atoms with Crippen LogP contribution < -0.4 is 11.1 Å². The maximum Gasteiger partial charge on any atom is 0.234 e. The largest absolute Gasteiger partial charge is 0.352 e. The van der Waals surface area contributed by atoms with Gasteiger partial charge in [-0.1, -0.05) is 19.8 Å². The molecule has 2 fully saturated rings. The van der Waals surface area contributed by atoms with Crippen molar-refractivity contribution >= 4 is 5.91 Å². The smallest absolute Gasteiger partial charge is 0.234 e. The summed E-state index contributed by atoms with van der Waals surface area (Å²) in [6, 6.07) is 0.643. The Labute approximate surface area is 110 Å². The molecule has 0 spiro atoms. The number of amides is 1. The average Bonchev–Trinajstić information content (AvgIpc) is 2.32. The zero-order valence-corrected chi connectivity index (χ0v) is 11.5. The zero-order chi connectivity index (χ0) is 13.0. The summed E-state index contributed by atoms with van der Waals surface area (Å²) in [5.41, 5.74) is 5.93.